The zero-order valence-electron chi connectivity index (χ0n) is 12.0. The third-order valence-corrected chi connectivity index (χ3v) is 3.44. The zero-order chi connectivity index (χ0) is 15.9. The topological polar surface area (TPSA) is 52.6 Å². The molecule has 5 heteroatoms. The molecule has 0 heterocycles. The molecule has 0 N–H and O–H groups in total. The Hall–Kier alpha value is -2.14. The normalized spacial score (nSPS) is 10.1. The number of esters is 1. The molecule has 0 aromatic heterocycles. The highest BCUT2D eigenvalue weighted by Crippen LogP contribution is 2.19. The summed E-state index contributed by atoms with van der Waals surface area (Å²) in [6, 6.07) is 13.7. The number of benzene rings is 2. The van der Waals surface area contributed by atoms with E-state index in [0.717, 1.165) is 4.47 Å². The SMILES string of the molecule is CCOc1ccccc1C(=O)OCC(=O)c1ccc(Br)cc1. The van der Waals surface area contributed by atoms with Gasteiger partial charge in [0.15, 0.2) is 12.4 Å². The van der Waals surface area contributed by atoms with Crippen molar-refractivity contribution in [2.24, 2.45) is 0 Å². The van der Waals surface area contributed by atoms with Crippen LogP contribution in [0.1, 0.15) is 27.6 Å². The van der Waals surface area contributed by atoms with Gasteiger partial charge in [0, 0.05) is 10.0 Å². The van der Waals surface area contributed by atoms with E-state index in [-0.39, 0.29) is 12.4 Å². The average Bonchev–Trinajstić information content (AvgIpc) is 2.54. The summed E-state index contributed by atoms with van der Waals surface area (Å²) in [5, 5.41) is 0. The molecule has 0 bridgehead atoms. The van der Waals surface area contributed by atoms with E-state index in [9.17, 15) is 9.59 Å². The van der Waals surface area contributed by atoms with Gasteiger partial charge in [-0.2, -0.15) is 0 Å². The Kier molecular flexibility index (Phi) is 5.72. The van der Waals surface area contributed by atoms with Gasteiger partial charge >= 0.3 is 5.97 Å². The third-order valence-electron chi connectivity index (χ3n) is 2.91. The number of rotatable bonds is 6. The van der Waals surface area contributed by atoms with E-state index in [1.807, 2.05) is 6.92 Å². The monoisotopic (exact) mass is 362 g/mol. The lowest BCUT2D eigenvalue weighted by Gasteiger charge is -2.09. The van der Waals surface area contributed by atoms with Gasteiger partial charge in [-0.15, -0.1) is 0 Å². The lowest BCUT2D eigenvalue weighted by Crippen LogP contribution is -2.15. The fraction of sp³-hybridized carbons (Fsp3) is 0.176. The molecule has 0 amide bonds. The van der Waals surface area contributed by atoms with Gasteiger partial charge in [-0.05, 0) is 31.2 Å². The van der Waals surface area contributed by atoms with Crippen LogP contribution in [0.2, 0.25) is 0 Å². The van der Waals surface area contributed by atoms with Gasteiger partial charge < -0.3 is 9.47 Å². The van der Waals surface area contributed by atoms with Crippen molar-refractivity contribution in [1.29, 1.82) is 0 Å². The summed E-state index contributed by atoms with van der Waals surface area (Å²) >= 11 is 3.30. The minimum atomic E-state index is -0.575. The summed E-state index contributed by atoms with van der Waals surface area (Å²) in [5.74, 6) is -0.379. The molecule has 0 saturated carbocycles. The van der Waals surface area contributed by atoms with E-state index in [1.165, 1.54) is 0 Å². The second-order valence-electron chi connectivity index (χ2n) is 4.44. The second-order valence-corrected chi connectivity index (χ2v) is 5.35. The first-order chi connectivity index (χ1) is 10.6. The minimum absolute atomic E-state index is 0.255. The highest BCUT2D eigenvalue weighted by Gasteiger charge is 2.15. The molecule has 2 rings (SSSR count). The van der Waals surface area contributed by atoms with E-state index in [1.54, 1.807) is 48.5 Å². The number of halogens is 1. The molecule has 0 unspecified atom stereocenters. The van der Waals surface area contributed by atoms with Crippen LogP contribution in [0.3, 0.4) is 0 Å². The third kappa shape index (κ3) is 4.18. The van der Waals surface area contributed by atoms with E-state index in [2.05, 4.69) is 15.9 Å². The summed E-state index contributed by atoms with van der Waals surface area (Å²) in [6.07, 6.45) is 0. The van der Waals surface area contributed by atoms with Gasteiger partial charge in [0.1, 0.15) is 11.3 Å². The molecule has 4 nitrogen and oxygen atoms in total. The standard InChI is InChI=1S/C17H15BrO4/c1-2-21-16-6-4-3-5-14(16)17(20)22-11-15(19)12-7-9-13(18)10-8-12/h3-10H,2,11H2,1H3. The Balaban J connectivity index is 2.01. The number of carbonyl (C=O) groups is 2. The Labute approximate surface area is 137 Å². The van der Waals surface area contributed by atoms with Crippen LogP contribution in [-0.2, 0) is 4.74 Å². The first-order valence-corrected chi connectivity index (χ1v) is 7.59. The Morgan fingerprint density at radius 2 is 1.73 bits per heavy atom. The molecular weight excluding hydrogens is 348 g/mol. The van der Waals surface area contributed by atoms with Gasteiger partial charge in [0.25, 0.3) is 0 Å². The first-order valence-electron chi connectivity index (χ1n) is 6.79. The predicted molar refractivity (Wildman–Crippen MR) is 86.4 cm³/mol. The molecule has 0 fully saturated rings. The van der Waals surface area contributed by atoms with Crippen molar-refractivity contribution in [3.05, 3.63) is 64.1 Å². The van der Waals surface area contributed by atoms with Crippen LogP contribution in [0.15, 0.2) is 53.0 Å². The summed E-state index contributed by atoms with van der Waals surface area (Å²) in [7, 11) is 0. The molecule has 2 aromatic rings. The molecule has 2 aromatic carbocycles. The van der Waals surface area contributed by atoms with Crippen molar-refractivity contribution in [3.63, 3.8) is 0 Å². The largest absolute Gasteiger partial charge is 0.493 e. The van der Waals surface area contributed by atoms with Gasteiger partial charge in [-0.3, -0.25) is 4.79 Å². The number of hydrogen-bond acceptors (Lipinski definition) is 4. The van der Waals surface area contributed by atoms with Gasteiger partial charge in [0.05, 0.1) is 6.61 Å². The fourth-order valence-electron chi connectivity index (χ4n) is 1.84. The molecule has 114 valence electrons. The van der Waals surface area contributed by atoms with Crippen LogP contribution in [0.4, 0.5) is 0 Å². The highest BCUT2D eigenvalue weighted by molar-refractivity contribution is 9.10. The van der Waals surface area contributed by atoms with Crippen molar-refractivity contribution >= 4 is 27.7 Å². The highest BCUT2D eigenvalue weighted by atomic mass is 79.9. The predicted octanol–water partition coefficient (Wildman–Crippen LogP) is 3.89. The molecule has 0 spiro atoms. The maximum Gasteiger partial charge on any atom is 0.342 e. The van der Waals surface area contributed by atoms with Gasteiger partial charge in [0.2, 0.25) is 0 Å². The molecule has 0 atom stereocenters. The first kappa shape index (κ1) is 16.2. The molecule has 0 aliphatic rings. The average molecular weight is 363 g/mol. The van der Waals surface area contributed by atoms with Crippen LogP contribution in [0, 0.1) is 0 Å². The quantitative estimate of drug-likeness (QED) is 0.577. The van der Waals surface area contributed by atoms with Crippen LogP contribution < -0.4 is 4.74 Å². The van der Waals surface area contributed by atoms with Crippen molar-refractivity contribution in [2.45, 2.75) is 6.92 Å². The Bertz CT molecular complexity index is 665. The molecule has 0 saturated heterocycles. The van der Waals surface area contributed by atoms with Gasteiger partial charge in [-0.1, -0.05) is 40.2 Å². The Morgan fingerprint density at radius 1 is 1.05 bits per heavy atom. The smallest absolute Gasteiger partial charge is 0.342 e. The molecule has 22 heavy (non-hydrogen) atoms. The number of para-hydroxylation sites is 1. The van der Waals surface area contributed by atoms with E-state index >= 15 is 0 Å². The van der Waals surface area contributed by atoms with Gasteiger partial charge in [-0.25, -0.2) is 4.79 Å². The molecule has 0 radical (unpaired) electrons. The van der Waals surface area contributed by atoms with E-state index < -0.39 is 5.97 Å². The van der Waals surface area contributed by atoms with E-state index in [0.29, 0.717) is 23.5 Å². The van der Waals surface area contributed by atoms with Crippen LogP contribution in [0.25, 0.3) is 0 Å². The van der Waals surface area contributed by atoms with E-state index in [4.69, 9.17) is 9.47 Å². The van der Waals surface area contributed by atoms with Crippen LogP contribution in [0.5, 0.6) is 5.75 Å². The number of hydrogen-bond donors (Lipinski definition) is 0. The van der Waals surface area contributed by atoms with Crippen LogP contribution >= 0.6 is 15.9 Å². The number of ether oxygens (including phenoxy) is 2. The number of Topliss-reactive ketones (excluding diaryl/α,β-unsaturated/α-hetero) is 1. The molecule has 0 aliphatic carbocycles. The Morgan fingerprint density at radius 3 is 2.41 bits per heavy atom. The fourth-order valence-corrected chi connectivity index (χ4v) is 2.11. The zero-order valence-corrected chi connectivity index (χ0v) is 13.6. The number of carbonyl (C=O) groups excluding carboxylic acids is 2. The van der Waals surface area contributed by atoms with Crippen molar-refractivity contribution in [3.8, 4) is 5.75 Å². The maximum absolute atomic E-state index is 12.1. The maximum atomic E-state index is 12.1. The second kappa shape index (κ2) is 7.75. The lowest BCUT2D eigenvalue weighted by atomic mass is 10.1. The lowest BCUT2D eigenvalue weighted by molar-refractivity contribution is 0.0471. The minimum Gasteiger partial charge on any atom is -0.493 e. The molecule has 0 aliphatic heterocycles. The number of ketones is 1. The van der Waals surface area contributed by atoms with Crippen molar-refractivity contribution < 1.29 is 19.1 Å². The summed E-state index contributed by atoms with van der Waals surface area (Å²) in [4.78, 5) is 24.0. The molecular formula is C17H15BrO4. The summed E-state index contributed by atoms with van der Waals surface area (Å²) in [6.45, 7) is 1.97. The summed E-state index contributed by atoms with van der Waals surface area (Å²) in [5.41, 5.74) is 0.807. The summed E-state index contributed by atoms with van der Waals surface area (Å²) < 4.78 is 11.3. The van der Waals surface area contributed by atoms with Crippen molar-refractivity contribution in [1.82, 2.24) is 0 Å². The van der Waals surface area contributed by atoms with Crippen molar-refractivity contribution in [2.75, 3.05) is 13.2 Å². The van der Waals surface area contributed by atoms with Crippen LogP contribution in [-0.4, -0.2) is 25.0 Å².